The average Bonchev–Trinajstić information content (AvgIpc) is 2.31. The Morgan fingerprint density at radius 1 is 1.62 bits per heavy atom. The van der Waals surface area contributed by atoms with E-state index in [2.05, 4.69) is 11.5 Å². The van der Waals surface area contributed by atoms with Gasteiger partial charge in [0, 0.05) is 6.42 Å². The molecule has 1 rings (SSSR count). The zero-order valence-electron chi connectivity index (χ0n) is 9.32. The molecule has 0 aliphatic carbocycles. The van der Waals surface area contributed by atoms with Gasteiger partial charge in [0.05, 0.1) is 13.2 Å². The number of hydrogen-bond acceptors (Lipinski definition) is 5. The van der Waals surface area contributed by atoms with Crippen molar-refractivity contribution in [1.82, 2.24) is 5.43 Å². The van der Waals surface area contributed by atoms with E-state index in [1.807, 2.05) is 0 Å². The quantitative estimate of drug-likeness (QED) is 0.514. The minimum absolute atomic E-state index is 0.0746. The van der Waals surface area contributed by atoms with Gasteiger partial charge in [-0.05, 0) is 24.6 Å². The molecule has 16 heavy (non-hydrogen) atoms. The zero-order chi connectivity index (χ0) is 12.2. The third-order valence-electron chi connectivity index (χ3n) is 2.37. The normalized spacial score (nSPS) is 13.9. The molecule has 1 atom stereocenters. The number of nitrogens with zero attached hydrogens (tertiary/aromatic N) is 1. The summed E-state index contributed by atoms with van der Waals surface area (Å²) >= 11 is 0. The third-order valence-corrected chi connectivity index (χ3v) is 2.37. The highest BCUT2D eigenvalue weighted by atomic mass is 16.5. The smallest absolute Gasteiger partial charge is 0.160 e. The average molecular weight is 221 g/mol. The van der Waals surface area contributed by atoms with E-state index in [0.29, 0.717) is 12.2 Å². The molecule has 0 fully saturated rings. The van der Waals surface area contributed by atoms with Crippen LogP contribution in [0.5, 0.6) is 11.5 Å². The third kappa shape index (κ3) is 2.63. The minimum atomic E-state index is -0.831. The van der Waals surface area contributed by atoms with Gasteiger partial charge in [0.15, 0.2) is 11.5 Å². The monoisotopic (exact) mass is 221 g/mol. The number of rotatable bonds is 4. The number of hydrogen-bond donors (Lipinski definition) is 3. The second-order valence-corrected chi connectivity index (χ2v) is 3.77. The summed E-state index contributed by atoms with van der Waals surface area (Å²) in [7, 11) is 1.48. The lowest BCUT2D eigenvalue weighted by atomic mass is 9.95. The number of nitriles is 1. The molecule has 0 unspecified atom stereocenters. The number of methoxy groups -OCH3 is 1. The molecule has 0 bridgehead atoms. The SMILES string of the molecule is COc1cc(C[C@@](C)(C#N)NN)ccc1O. The largest absolute Gasteiger partial charge is 0.504 e. The minimum Gasteiger partial charge on any atom is -0.504 e. The van der Waals surface area contributed by atoms with E-state index in [0.717, 1.165) is 5.56 Å². The van der Waals surface area contributed by atoms with Gasteiger partial charge in [0.25, 0.3) is 0 Å². The van der Waals surface area contributed by atoms with Crippen molar-refractivity contribution >= 4 is 0 Å². The van der Waals surface area contributed by atoms with E-state index in [1.54, 1.807) is 19.1 Å². The summed E-state index contributed by atoms with van der Waals surface area (Å²) in [6.45, 7) is 1.70. The van der Waals surface area contributed by atoms with Gasteiger partial charge >= 0.3 is 0 Å². The highest BCUT2D eigenvalue weighted by molar-refractivity contribution is 5.42. The van der Waals surface area contributed by atoms with E-state index in [9.17, 15) is 5.11 Å². The fourth-order valence-electron chi connectivity index (χ4n) is 1.36. The van der Waals surface area contributed by atoms with Crippen molar-refractivity contribution in [3.8, 4) is 17.6 Å². The van der Waals surface area contributed by atoms with Crippen molar-refractivity contribution in [3.05, 3.63) is 23.8 Å². The van der Waals surface area contributed by atoms with E-state index in [4.69, 9.17) is 15.8 Å². The van der Waals surface area contributed by atoms with Gasteiger partial charge in [-0.15, -0.1) is 0 Å². The highest BCUT2D eigenvalue weighted by Gasteiger charge is 2.22. The van der Waals surface area contributed by atoms with Crippen LogP contribution in [0.15, 0.2) is 18.2 Å². The summed E-state index contributed by atoms with van der Waals surface area (Å²) in [5, 5.41) is 18.4. The number of benzene rings is 1. The molecule has 5 heteroatoms. The van der Waals surface area contributed by atoms with Crippen molar-refractivity contribution in [3.63, 3.8) is 0 Å². The number of phenols is 1. The second-order valence-electron chi connectivity index (χ2n) is 3.77. The maximum Gasteiger partial charge on any atom is 0.160 e. The molecule has 1 aromatic carbocycles. The van der Waals surface area contributed by atoms with Crippen LogP contribution in [0.3, 0.4) is 0 Å². The van der Waals surface area contributed by atoms with E-state index in [-0.39, 0.29) is 5.75 Å². The molecule has 0 spiro atoms. The first-order chi connectivity index (χ1) is 7.54. The topological polar surface area (TPSA) is 91.3 Å². The van der Waals surface area contributed by atoms with Gasteiger partial charge in [-0.3, -0.25) is 5.84 Å². The molecule has 1 aromatic rings. The summed E-state index contributed by atoms with van der Waals surface area (Å²) in [5.41, 5.74) is 2.49. The van der Waals surface area contributed by atoms with Crippen molar-refractivity contribution in [2.24, 2.45) is 5.84 Å². The standard InChI is InChI=1S/C11H15N3O2/c1-11(7-12,14-13)6-8-3-4-9(15)10(5-8)16-2/h3-5,14-15H,6,13H2,1-2H3/t11-/m0/s1. The molecule has 0 heterocycles. The Hall–Kier alpha value is -1.77. The summed E-state index contributed by atoms with van der Waals surface area (Å²) in [6, 6.07) is 7.03. The molecule has 5 nitrogen and oxygen atoms in total. The molecule has 0 saturated carbocycles. The van der Waals surface area contributed by atoms with Gasteiger partial charge in [0.1, 0.15) is 5.54 Å². The Kier molecular flexibility index (Phi) is 3.72. The molecule has 0 aliphatic heterocycles. The predicted molar refractivity (Wildman–Crippen MR) is 59.7 cm³/mol. The fraction of sp³-hybridized carbons (Fsp3) is 0.364. The van der Waals surface area contributed by atoms with Crippen molar-refractivity contribution < 1.29 is 9.84 Å². The predicted octanol–water partition coefficient (Wildman–Crippen LogP) is 0.689. The van der Waals surface area contributed by atoms with Crippen LogP contribution >= 0.6 is 0 Å². The Balaban J connectivity index is 2.95. The molecule has 0 saturated heterocycles. The first kappa shape index (κ1) is 12.3. The van der Waals surface area contributed by atoms with Gasteiger partial charge in [-0.2, -0.15) is 5.26 Å². The number of nitrogens with one attached hydrogen (secondary N) is 1. The zero-order valence-corrected chi connectivity index (χ0v) is 9.32. The number of nitrogens with two attached hydrogens (primary N) is 1. The number of phenolic OH excluding ortho intramolecular Hbond substituents is 1. The Labute approximate surface area is 94.4 Å². The van der Waals surface area contributed by atoms with Crippen LogP contribution in [0.1, 0.15) is 12.5 Å². The molecule has 4 N–H and O–H groups in total. The summed E-state index contributed by atoms with van der Waals surface area (Å²) < 4.78 is 4.98. The molecule has 0 aromatic heterocycles. The Morgan fingerprint density at radius 3 is 2.81 bits per heavy atom. The van der Waals surface area contributed by atoms with Gasteiger partial charge in [0.2, 0.25) is 0 Å². The van der Waals surface area contributed by atoms with Gasteiger partial charge < -0.3 is 9.84 Å². The van der Waals surface area contributed by atoms with Crippen molar-refractivity contribution in [2.45, 2.75) is 18.9 Å². The van der Waals surface area contributed by atoms with Crippen LogP contribution in [0.2, 0.25) is 0 Å². The fourth-order valence-corrected chi connectivity index (χ4v) is 1.36. The molecule has 0 aliphatic rings. The first-order valence-electron chi connectivity index (χ1n) is 4.79. The molecule has 0 radical (unpaired) electrons. The van der Waals surface area contributed by atoms with Gasteiger partial charge in [-0.25, -0.2) is 5.43 Å². The molecular formula is C11H15N3O2. The van der Waals surface area contributed by atoms with Crippen LogP contribution in [-0.4, -0.2) is 17.8 Å². The van der Waals surface area contributed by atoms with E-state index >= 15 is 0 Å². The lowest BCUT2D eigenvalue weighted by molar-refractivity contribution is 0.372. The second kappa shape index (κ2) is 4.84. The summed E-state index contributed by atoms with van der Waals surface area (Å²) in [4.78, 5) is 0. The lowest BCUT2D eigenvalue weighted by Crippen LogP contribution is -2.47. The van der Waals surface area contributed by atoms with Crippen LogP contribution in [-0.2, 0) is 6.42 Å². The van der Waals surface area contributed by atoms with Crippen LogP contribution in [0, 0.1) is 11.3 Å². The van der Waals surface area contributed by atoms with Crippen molar-refractivity contribution in [1.29, 1.82) is 5.26 Å². The maximum absolute atomic E-state index is 9.42. The maximum atomic E-state index is 9.42. The molecular weight excluding hydrogens is 206 g/mol. The van der Waals surface area contributed by atoms with E-state index < -0.39 is 5.54 Å². The Morgan fingerprint density at radius 2 is 2.31 bits per heavy atom. The van der Waals surface area contributed by atoms with E-state index in [1.165, 1.54) is 13.2 Å². The highest BCUT2D eigenvalue weighted by Crippen LogP contribution is 2.27. The first-order valence-corrected chi connectivity index (χ1v) is 4.79. The van der Waals surface area contributed by atoms with Crippen molar-refractivity contribution in [2.75, 3.05) is 7.11 Å². The Bertz CT molecular complexity index is 414. The summed E-state index contributed by atoms with van der Waals surface area (Å²) in [6.07, 6.45) is 0.427. The van der Waals surface area contributed by atoms with Crippen LogP contribution < -0.4 is 16.0 Å². The number of hydrazine groups is 1. The molecule has 86 valence electrons. The lowest BCUT2D eigenvalue weighted by Gasteiger charge is -2.20. The van der Waals surface area contributed by atoms with Crippen LogP contribution in [0.4, 0.5) is 0 Å². The van der Waals surface area contributed by atoms with Gasteiger partial charge in [-0.1, -0.05) is 6.07 Å². The molecule has 0 amide bonds. The van der Waals surface area contributed by atoms with Crippen LogP contribution in [0.25, 0.3) is 0 Å². The number of aromatic hydroxyl groups is 1. The summed E-state index contributed by atoms with van der Waals surface area (Å²) in [5.74, 6) is 5.77. The number of ether oxygens (including phenoxy) is 1.